The number of aromatic nitrogens is 2. The van der Waals surface area contributed by atoms with Crippen LogP contribution in [-0.2, 0) is 19.0 Å². The van der Waals surface area contributed by atoms with E-state index in [0.29, 0.717) is 0 Å². The highest BCUT2D eigenvalue weighted by molar-refractivity contribution is 7.10. The maximum Gasteiger partial charge on any atom is 0.215 e. The Morgan fingerprint density at radius 3 is 1.45 bits per heavy atom. The van der Waals surface area contributed by atoms with Crippen LogP contribution in [0.3, 0.4) is 0 Å². The van der Waals surface area contributed by atoms with Crippen LogP contribution in [0.5, 0.6) is 0 Å². The van der Waals surface area contributed by atoms with Crippen molar-refractivity contribution in [1.82, 2.24) is 9.55 Å². The van der Waals surface area contributed by atoms with Crippen molar-refractivity contribution in [2.24, 2.45) is 0 Å². The summed E-state index contributed by atoms with van der Waals surface area (Å²) in [6.07, 6.45) is 17.6. The van der Waals surface area contributed by atoms with Gasteiger partial charge in [-0.3, -0.25) is 4.98 Å². The monoisotopic (exact) mass is 685 g/mol. The molecule has 0 saturated carbocycles. The standard InChI is InChI=1S/C47H54BN2Si/c1-3-5-7-12-20-39-28-32-44(33-29-39)51(43-26-18-11-19-27-43,45-34-30-40(31-35-45)21-13-8-6-4-2)38-50-37-36-49-47(50)48-46(41-22-14-9-15-23-41)42-24-16-10-17-25-42/h9-11,14-19,22-37,46H,3-8,12-13,20-21,38H2,1-2H3. The maximum atomic E-state index is 5.03. The number of rotatable bonds is 19. The van der Waals surface area contributed by atoms with E-state index in [9.17, 15) is 0 Å². The van der Waals surface area contributed by atoms with E-state index in [1.807, 2.05) is 6.20 Å². The van der Waals surface area contributed by atoms with E-state index in [1.54, 1.807) is 0 Å². The van der Waals surface area contributed by atoms with Crippen LogP contribution < -0.4 is 21.3 Å². The van der Waals surface area contributed by atoms with Gasteiger partial charge in [0.15, 0.2) is 8.07 Å². The molecule has 4 heteroatoms. The molecule has 0 unspecified atom stereocenters. The fourth-order valence-corrected chi connectivity index (χ4v) is 12.2. The van der Waals surface area contributed by atoms with Gasteiger partial charge in [0.2, 0.25) is 7.28 Å². The van der Waals surface area contributed by atoms with E-state index in [-0.39, 0.29) is 5.82 Å². The molecule has 0 aliphatic rings. The molecule has 0 fully saturated rings. The molecule has 0 N–H and O–H groups in total. The molecule has 0 atom stereocenters. The van der Waals surface area contributed by atoms with Crippen LogP contribution in [-0.4, -0.2) is 24.9 Å². The molecule has 1 radical (unpaired) electrons. The summed E-state index contributed by atoms with van der Waals surface area (Å²) in [5, 5.41) is 4.33. The topological polar surface area (TPSA) is 17.8 Å². The predicted octanol–water partition coefficient (Wildman–Crippen LogP) is 8.96. The summed E-state index contributed by atoms with van der Waals surface area (Å²) in [4.78, 5) is 5.03. The first-order chi connectivity index (χ1) is 25.2. The molecule has 2 nitrogen and oxygen atoms in total. The van der Waals surface area contributed by atoms with Gasteiger partial charge in [-0.2, -0.15) is 0 Å². The third-order valence-corrected chi connectivity index (χ3v) is 15.4. The number of hydrogen-bond acceptors (Lipinski definition) is 1. The minimum atomic E-state index is -2.60. The van der Waals surface area contributed by atoms with Crippen LogP contribution in [0.1, 0.15) is 93.3 Å². The van der Waals surface area contributed by atoms with Gasteiger partial charge < -0.3 is 4.57 Å². The number of aryl methyl sites for hydroxylation is 2. The summed E-state index contributed by atoms with van der Waals surface area (Å²) in [5.74, 6) is 0.0975. The fraction of sp³-hybridized carbons (Fsp3) is 0.298. The quantitative estimate of drug-likeness (QED) is 0.0473. The molecule has 259 valence electrons. The largest absolute Gasteiger partial charge is 0.345 e. The highest BCUT2D eigenvalue weighted by atomic mass is 28.3. The summed E-state index contributed by atoms with van der Waals surface area (Å²) in [7, 11) is -0.231. The lowest BCUT2D eigenvalue weighted by atomic mass is 9.58. The van der Waals surface area contributed by atoms with Gasteiger partial charge >= 0.3 is 0 Å². The third-order valence-electron chi connectivity index (χ3n) is 10.6. The molecule has 5 aromatic carbocycles. The zero-order valence-corrected chi connectivity index (χ0v) is 31.8. The maximum absolute atomic E-state index is 5.03. The highest BCUT2D eigenvalue weighted by Gasteiger charge is 2.40. The van der Waals surface area contributed by atoms with Crippen molar-refractivity contribution < 1.29 is 0 Å². The van der Waals surface area contributed by atoms with Crippen molar-refractivity contribution in [2.45, 2.75) is 90.0 Å². The summed E-state index contributed by atoms with van der Waals surface area (Å²) >= 11 is 0. The first kappa shape index (κ1) is 36.4. The molecule has 6 aromatic rings. The van der Waals surface area contributed by atoms with Gasteiger partial charge in [-0.1, -0.05) is 192 Å². The van der Waals surface area contributed by atoms with Crippen molar-refractivity contribution >= 4 is 36.6 Å². The average Bonchev–Trinajstić information content (AvgIpc) is 3.64. The van der Waals surface area contributed by atoms with Gasteiger partial charge in [0.25, 0.3) is 0 Å². The van der Waals surface area contributed by atoms with Crippen LogP contribution in [0.25, 0.3) is 0 Å². The Balaban J connectivity index is 1.42. The first-order valence-corrected chi connectivity index (χ1v) is 21.6. The van der Waals surface area contributed by atoms with Crippen LogP contribution in [0, 0.1) is 0 Å². The lowest BCUT2D eigenvalue weighted by molar-refractivity contribution is 0.667. The SMILES string of the molecule is CCCCCCc1ccc([Si](Cn2ccnc2[B]C(c2ccccc2)c2ccccc2)(c2ccccc2)c2ccc(CCCCCC)cc2)cc1. The number of hydrogen-bond donors (Lipinski definition) is 0. The molecular formula is C47H54BN2Si. The van der Waals surface area contributed by atoms with E-state index >= 15 is 0 Å². The van der Waals surface area contributed by atoms with Crippen molar-refractivity contribution in [1.29, 1.82) is 0 Å². The Hall–Kier alpha value is -4.41. The molecule has 0 spiro atoms. The molecule has 0 amide bonds. The molecule has 51 heavy (non-hydrogen) atoms. The Labute approximate surface area is 309 Å². The van der Waals surface area contributed by atoms with Crippen molar-refractivity contribution in [2.75, 3.05) is 0 Å². The molecular weight excluding hydrogens is 631 g/mol. The molecule has 1 aromatic heterocycles. The molecule has 6 rings (SSSR count). The first-order valence-electron chi connectivity index (χ1n) is 19.4. The second kappa shape index (κ2) is 18.7. The smallest absolute Gasteiger partial charge is 0.215 e. The lowest BCUT2D eigenvalue weighted by Gasteiger charge is -2.35. The van der Waals surface area contributed by atoms with E-state index in [2.05, 4.69) is 171 Å². The van der Waals surface area contributed by atoms with Gasteiger partial charge in [-0.15, -0.1) is 0 Å². The summed E-state index contributed by atoms with van der Waals surface area (Å²) in [6.45, 7) is 4.57. The summed E-state index contributed by atoms with van der Waals surface area (Å²) < 4.78 is 2.44. The Bertz CT molecular complexity index is 1760. The van der Waals surface area contributed by atoms with Crippen LogP contribution >= 0.6 is 0 Å². The number of benzene rings is 5. The van der Waals surface area contributed by atoms with Crippen molar-refractivity contribution in [3.63, 3.8) is 0 Å². The molecule has 0 aliphatic heterocycles. The second-order valence-corrected chi connectivity index (χ2v) is 18.0. The molecule has 1 heterocycles. The minimum absolute atomic E-state index is 0.0975. The lowest BCUT2D eigenvalue weighted by Crippen LogP contribution is -2.70. The van der Waals surface area contributed by atoms with Crippen LogP contribution in [0.4, 0.5) is 0 Å². The second-order valence-electron chi connectivity index (χ2n) is 14.2. The zero-order chi connectivity index (χ0) is 35.1. The summed E-state index contributed by atoms with van der Waals surface area (Å²) in [6, 6.07) is 52.5. The van der Waals surface area contributed by atoms with Gasteiger partial charge in [-0.05, 0) is 69.3 Å². The minimum Gasteiger partial charge on any atom is -0.345 e. The summed E-state index contributed by atoms with van der Waals surface area (Å²) in [5.41, 5.74) is 6.44. The number of nitrogens with zero attached hydrogens (tertiary/aromatic N) is 2. The van der Waals surface area contributed by atoms with Gasteiger partial charge in [-0.25, -0.2) is 0 Å². The average molecular weight is 686 g/mol. The van der Waals surface area contributed by atoms with Gasteiger partial charge in [0, 0.05) is 18.6 Å². The number of imidazole rings is 1. The highest BCUT2D eigenvalue weighted by Crippen LogP contribution is 2.23. The third kappa shape index (κ3) is 9.29. The van der Waals surface area contributed by atoms with Gasteiger partial charge in [0.1, 0.15) is 0 Å². The molecule has 0 bridgehead atoms. The van der Waals surface area contributed by atoms with E-state index in [4.69, 9.17) is 4.98 Å². The van der Waals surface area contributed by atoms with Crippen molar-refractivity contribution in [3.05, 3.63) is 174 Å². The van der Waals surface area contributed by atoms with Crippen molar-refractivity contribution in [3.8, 4) is 0 Å². The van der Waals surface area contributed by atoms with E-state index in [0.717, 1.165) is 24.7 Å². The van der Waals surface area contributed by atoms with E-state index in [1.165, 1.54) is 89.2 Å². The Kier molecular flexibility index (Phi) is 13.4. The van der Waals surface area contributed by atoms with E-state index < -0.39 is 8.07 Å². The predicted molar refractivity (Wildman–Crippen MR) is 222 cm³/mol. The van der Waals surface area contributed by atoms with Gasteiger partial charge in [0.05, 0.1) is 5.72 Å². The molecule has 0 aliphatic carbocycles. The zero-order valence-electron chi connectivity index (χ0n) is 30.8. The Morgan fingerprint density at radius 1 is 0.529 bits per heavy atom. The fourth-order valence-electron chi connectivity index (χ4n) is 7.64. The Morgan fingerprint density at radius 2 is 0.980 bits per heavy atom. The van der Waals surface area contributed by atoms with Crippen LogP contribution in [0.15, 0.2) is 152 Å². The molecule has 0 saturated heterocycles. The van der Waals surface area contributed by atoms with Crippen LogP contribution in [0.2, 0.25) is 0 Å². The normalized spacial score (nSPS) is 11.6. The number of unbranched alkanes of at least 4 members (excludes halogenated alkanes) is 6.